The minimum absolute atomic E-state index is 0.0545. The highest BCUT2D eigenvalue weighted by Gasteiger charge is 2.29. The van der Waals surface area contributed by atoms with E-state index in [1.165, 1.54) is 11.3 Å². The molecule has 19 heavy (non-hydrogen) atoms. The second kappa shape index (κ2) is 4.77. The molecule has 1 saturated carbocycles. The Balaban J connectivity index is 2.03. The molecular weight excluding hydrogens is 284 g/mol. The topological polar surface area (TPSA) is 75.5 Å². The Morgan fingerprint density at radius 2 is 2.16 bits per heavy atom. The zero-order chi connectivity index (χ0) is 13.5. The van der Waals surface area contributed by atoms with Gasteiger partial charge in [0.1, 0.15) is 0 Å². The molecule has 1 aliphatic rings. The molecule has 0 saturated heterocycles. The molecule has 8 heteroatoms. The lowest BCUT2D eigenvalue weighted by molar-refractivity contribution is 0.548. The van der Waals surface area contributed by atoms with Crippen molar-refractivity contribution in [3.8, 4) is 0 Å². The van der Waals surface area contributed by atoms with Gasteiger partial charge in [-0.25, -0.2) is 18.1 Å². The first kappa shape index (κ1) is 12.9. The lowest BCUT2D eigenvalue weighted by Gasteiger charge is -2.12. The van der Waals surface area contributed by atoms with Crippen molar-refractivity contribution in [1.82, 2.24) is 14.1 Å². The van der Waals surface area contributed by atoms with E-state index in [1.807, 2.05) is 5.38 Å². The van der Waals surface area contributed by atoms with Gasteiger partial charge in [0.15, 0.2) is 15.8 Å². The van der Waals surface area contributed by atoms with Crippen LogP contribution in [0.1, 0.15) is 25.7 Å². The summed E-state index contributed by atoms with van der Waals surface area (Å²) in [5, 5.41) is 4.89. The molecule has 2 N–H and O–H groups in total. The summed E-state index contributed by atoms with van der Waals surface area (Å²) in [6.45, 7) is 0. The van der Waals surface area contributed by atoms with Crippen LogP contribution < -0.4 is 10.0 Å². The van der Waals surface area contributed by atoms with Gasteiger partial charge in [-0.05, 0) is 12.8 Å². The molecular formula is C11H16N4O2S2. The average molecular weight is 300 g/mol. The standard InChI is InChI=1S/C11H16N4O2S2/c1-12-9-10(15-6-7-18-11(15)13-9)19(16,17)14-8-4-2-3-5-8/h6-8,12,14H,2-5H2,1H3. The first-order valence-corrected chi connectivity index (χ1v) is 8.64. The van der Waals surface area contributed by atoms with Crippen molar-refractivity contribution >= 4 is 32.1 Å². The fourth-order valence-electron chi connectivity index (χ4n) is 2.50. The Kier molecular flexibility index (Phi) is 3.23. The van der Waals surface area contributed by atoms with Gasteiger partial charge in [-0.1, -0.05) is 12.8 Å². The molecule has 0 aromatic carbocycles. The molecule has 1 aliphatic carbocycles. The highest BCUT2D eigenvalue weighted by molar-refractivity contribution is 7.89. The molecule has 0 aliphatic heterocycles. The number of aromatic nitrogens is 2. The Labute approximate surface area is 115 Å². The van der Waals surface area contributed by atoms with E-state index in [4.69, 9.17) is 0 Å². The van der Waals surface area contributed by atoms with E-state index >= 15 is 0 Å². The van der Waals surface area contributed by atoms with Crippen molar-refractivity contribution in [2.75, 3.05) is 12.4 Å². The molecule has 2 aromatic heterocycles. The molecule has 2 aromatic rings. The van der Waals surface area contributed by atoms with E-state index in [0.717, 1.165) is 25.7 Å². The SMILES string of the molecule is CNc1nc2sccn2c1S(=O)(=O)NC1CCCC1. The smallest absolute Gasteiger partial charge is 0.260 e. The molecule has 2 heterocycles. The monoisotopic (exact) mass is 300 g/mol. The number of rotatable bonds is 4. The lowest BCUT2D eigenvalue weighted by atomic mass is 10.3. The van der Waals surface area contributed by atoms with Crippen LogP contribution in [-0.4, -0.2) is 30.9 Å². The van der Waals surface area contributed by atoms with Crippen molar-refractivity contribution in [2.45, 2.75) is 36.8 Å². The van der Waals surface area contributed by atoms with E-state index in [9.17, 15) is 8.42 Å². The second-order valence-electron chi connectivity index (χ2n) is 4.67. The van der Waals surface area contributed by atoms with Gasteiger partial charge in [0, 0.05) is 24.7 Å². The van der Waals surface area contributed by atoms with Crippen LogP contribution in [0.4, 0.5) is 5.82 Å². The van der Waals surface area contributed by atoms with E-state index in [0.29, 0.717) is 10.8 Å². The predicted octanol–water partition coefficient (Wildman–Crippen LogP) is 1.66. The van der Waals surface area contributed by atoms with Crippen LogP contribution in [0.2, 0.25) is 0 Å². The van der Waals surface area contributed by atoms with Crippen LogP contribution in [0.15, 0.2) is 16.6 Å². The van der Waals surface area contributed by atoms with Crippen LogP contribution in [0.25, 0.3) is 4.96 Å². The van der Waals surface area contributed by atoms with Crippen molar-refractivity contribution in [3.05, 3.63) is 11.6 Å². The summed E-state index contributed by atoms with van der Waals surface area (Å²) in [5.41, 5.74) is 0. The van der Waals surface area contributed by atoms with Crippen LogP contribution in [0, 0.1) is 0 Å². The Hall–Kier alpha value is -1.12. The summed E-state index contributed by atoms with van der Waals surface area (Å²) in [5.74, 6) is 0.400. The third kappa shape index (κ3) is 2.24. The number of hydrogen-bond acceptors (Lipinski definition) is 5. The van der Waals surface area contributed by atoms with Crippen molar-refractivity contribution < 1.29 is 8.42 Å². The van der Waals surface area contributed by atoms with Crippen LogP contribution in [0.3, 0.4) is 0 Å². The Morgan fingerprint density at radius 3 is 2.84 bits per heavy atom. The summed E-state index contributed by atoms with van der Waals surface area (Å²) in [6.07, 6.45) is 5.75. The van der Waals surface area contributed by atoms with Crippen LogP contribution >= 0.6 is 11.3 Å². The van der Waals surface area contributed by atoms with Gasteiger partial charge in [-0.2, -0.15) is 0 Å². The molecule has 3 rings (SSSR count). The average Bonchev–Trinajstić information content (AvgIpc) is 3.01. The maximum atomic E-state index is 12.5. The Morgan fingerprint density at radius 1 is 1.42 bits per heavy atom. The quantitative estimate of drug-likeness (QED) is 0.900. The zero-order valence-electron chi connectivity index (χ0n) is 10.6. The number of anilines is 1. The second-order valence-corrected chi connectivity index (χ2v) is 7.18. The molecule has 0 atom stereocenters. The van der Waals surface area contributed by atoms with E-state index in [-0.39, 0.29) is 11.1 Å². The molecule has 104 valence electrons. The van der Waals surface area contributed by atoms with E-state index in [2.05, 4.69) is 15.0 Å². The highest BCUT2D eigenvalue weighted by Crippen LogP contribution is 2.27. The number of nitrogens with zero attached hydrogens (tertiary/aromatic N) is 2. The van der Waals surface area contributed by atoms with Crippen LogP contribution in [-0.2, 0) is 10.0 Å². The van der Waals surface area contributed by atoms with Crippen molar-refractivity contribution in [3.63, 3.8) is 0 Å². The number of nitrogens with one attached hydrogen (secondary N) is 2. The van der Waals surface area contributed by atoms with Gasteiger partial charge in [-0.3, -0.25) is 4.40 Å². The van der Waals surface area contributed by atoms with Gasteiger partial charge in [0.2, 0.25) is 0 Å². The highest BCUT2D eigenvalue weighted by atomic mass is 32.2. The van der Waals surface area contributed by atoms with Crippen molar-refractivity contribution in [2.24, 2.45) is 0 Å². The summed E-state index contributed by atoms with van der Waals surface area (Å²) in [6, 6.07) is 0.0545. The minimum atomic E-state index is -3.54. The molecule has 0 unspecified atom stereocenters. The summed E-state index contributed by atoms with van der Waals surface area (Å²) in [4.78, 5) is 4.96. The molecule has 0 bridgehead atoms. The van der Waals surface area contributed by atoms with Crippen LogP contribution in [0.5, 0.6) is 0 Å². The van der Waals surface area contributed by atoms with Gasteiger partial charge < -0.3 is 5.32 Å². The molecule has 0 radical (unpaired) electrons. The fraction of sp³-hybridized carbons (Fsp3) is 0.545. The number of thiazole rings is 1. The minimum Gasteiger partial charge on any atom is -0.371 e. The third-order valence-electron chi connectivity index (χ3n) is 3.39. The fourth-order valence-corrected chi connectivity index (χ4v) is 4.87. The summed E-state index contributed by atoms with van der Waals surface area (Å²) in [7, 11) is -1.86. The maximum absolute atomic E-state index is 12.5. The number of imidazole rings is 1. The third-order valence-corrected chi connectivity index (χ3v) is 5.69. The lowest BCUT2D eigenvalue weighted by Crippen LogP contribution is -2.33. The number of sulfonamides is 1. The van der Waals surface area contributed by atoms with Gasteiger partial charge in [-0.15, -0.1) is 11.3 Å². The molecule has 6 nitrogen and oxygen atoms in total. The zero-order valence-corrected chi connectivity index (χ0v) is 12.2. The molecule has 1 fully saturated rings. The largest absolute Gasteiger partial charge is 0.371 e. The van der Waals surface area contributed by atoms with Crippen molar-refractivity contribution in [1.29, 1.82) is 0 Å². The van der Waals surface area contributed by atoms with Gasteiger partial charge in [0.25, 0.3) is 10.0 Å². The molecule has 0 amide bonds. The van der Waals surface area contributed by atoms with E-state index in [1.54, 1.807) is 17.6 Å². The summed E-state index contributed by atoms with van der Waals surface area (Å²) < 4.78 is 29.5. The number of fused-ring (bicyclic) bond motifs is 1. The van der Waals surface area contributed by atoms with Gasteiger partial charge in [0.05, 0.1) is 0 Å². The summed E-state index contributed by atoms with van der Waals surface area (Å²) >= 11 is 1.42. The number of hydrogen-bond donors (Lipinski definition) is 2. The Bertz CT molecular complexity index is 683. The first-order valence-electron chi connectivity index (χ1n) is 6.27. The van der Waals surface area contributed by atoms with Gasteiger partial charge >= 0.3 is 0 Å². The first-order chi connectivity index (χ1) is 9.12. The van der Waals surface area contributed by atoms with E-state index < -0.39 is 10.0 Å². The maximum Gasteiger partial charge on any atom is 0.260 e. The predicted molar refractivity (Wildman–Crippen MR) is 75.2 cm³/mol. The molecule has 0 spiro atoms. The normalized spacial score (nSPS) is 17.3.